The first-order valence-corrected chi connectivity index (χ1v) is 5.30. The molecular formula is C11H13FN2O2. The fourth-order valence-electron chi connectivity index (χ4n) is 2.13. The summed E-state index contributed by atoms with van der Waals surface area (Å²) in [5.41, 5.74) is 0.267. The van der Waals surface area contributed by atoms with Gasteiger partial charge in [0.1, 0.15) is 0 Å². The predicted molar refractivity (Wildman–Crippen MR) is 59.1 cm³/mol. The molecule has 1 heterocycles. The third-order valence-electron chi connectivity index (χ3n) is 3.00. The lowest BCUT2D eigenvalue weighted by molar-refractivity contribution is -0.385. The van der Waals surface area contributed by atoms with Crippen molar-refractivity contribution in [3.8, 4) is 0 Å². The van der Waals surface area contributed by atoms with E-state index in [9.17, 15) is 14.5 Å². The van der Waals surface area contributed by atoms with E-state index in [0.29, 0.717) is 11.7 Å². The van der Waals surface area contributed by atoms with Gasteiger partial charge in [0.05, 0.1) is 16.7 Å². The number of rotatable bonds is 2. The predicted octanol–water partition coefficient (Wildman–Crippen LogP) is 2.72. The summed E-state index contributed by atoms with van der Waals surface area (Å²) in [5.74, 6) is -0.511. The standard InChI is InChI=1S/C11H13FN2O2/c1-8-3-2-6-13(8)11-5-4-9(14(15)16)7-10(11)12/h4-5,7-8H,2-3,6H2,1H3. The largest absolute Gasteiger partial charge is 0.366 e. The number of halogens is 1. The normalized spacial score (nSPS) is 20.1. The van der Waals surface area contributed by atoms with Gasteiger partial charge in [0, 0.05) is 18.7 Å². The minimum atomic E-state index is -0.583. The maximum Gasteiger partial charge on any atom is 0.272 e. The molecule has 1 saturated heterocycles. The van der Waals surface area contributed by atoms with Gasteiger partial charge in [-0.05, 0) is 25.8 Å². The second kappa shape index (κ2) is 4.08. The number of hydrogen-bond acceptors (Lipinski definition) is 3. The van der Waals surface area contributed by atoms with Gasteiger partial charge in [-0.2, -0.15) is 0 Å². The highest BCUT2D eigenvalue weighted by Gasteiger charge is 2.24. The number of nitrogens with zero attached hydrogens (tertiary/aromatic N) is 2. The van der Waals surface area contributed by atoms with Crippen LogP contribution in [0, 0.1) is 15.9 Å². The van der Waals surface area contributed by atoms with E-state index in [0.717, 1.165) is 25.5 Å². The van der Waals surface area contributed by atoms with Gasteiger partial charge in [0.15, 0.2) is 5.82 Å². The van der Waals surface area contributed by atoms with Crippen LogP contribution in [0.25, 0.3) is 0 Å². The molecule has 0 radical (unpaired) electrons. The summed E-state index contributed by atoms with van der Waals surface area (Å²) in [6.07, 6.45) is 2.08. The van der Waals surface area contributed by atoms with E-state index in [4.69, 9.17) is 0 Å². The highest BCUT2D eigenvalue weighted by Crippen LogP contribution is 2.29. The Hall–Kier alpha value is -1.65. The van der Waals surface area contributed by atoms with E-state index in [1.165, 1.54) is 12.1 Å². The maximum absolute atomic E-state index is 13.7. The molecular weight excluding hydrogens is 211 g/mol. The molecule has 1 unspecified atom stereocenters. The molecule has 0 N–H and O–H groups in total. The van der Waals surface area contributed by atoms with Crippen molar-refractivity contribution in [3.05, 3.63) is 34.1 Å². The Bertz CT molecular complexity index is 422. The van der Waals surface area contributed by atoms with Gasteiger partial charge in [0.25, 0.3) is 5.69 Å². The molecule has 0 saturated carbocycles. The van der Waals surface area contributed by atoms with Crippen molar-refractivity contribution in [3.63, 3.8) is 0 Å². The third kappa shape index (κ3) is 1.85. The highest BCUT2D eigenvalue weighted by atomic mass is 19.1. The fraction of sp³-hybridized carbons (Fsp3) is 0.455. The van der Waals surface area contributed by atoms with Gasteiger partial charge >= 0.3 is 0 Å². The van der Waals surface area contributed by atoms with E-state index in [-0.39, 0.29) is 5.69 Å². The van der Waals surface area contributed by atoms with Crippen molar-refractivity contribution in [1.29, 1.82) is 0 Å². The molecule has 2 rings (SSSR count). The summed E-state index contributed by atoms with van der Waals surface area (Å²) in [4.78, 5) is 11.8. The van der Waals surface area contributed by atoms with Crippen molar-refractivity contribution in [2.75, 3.05) is 11.4 Å². The Morgan fingerprint density at radius 3 is 2.81 bits per heavy atom. The number of nitro benzene ring substituents is 1. The lowest BCUT2D eigenvalue weighted by Gasteiger charge is -2.23. The Labute approximate surface area is 92.8 Å². The Morgan fingerprint density at radius 2 is 2.31 bits per heavy atom. The number of anilines is 1. The van der Waals surface area contributed by atoms with Crippen LogP contribution in [0.2, 0.25) is 0 Å². The van der Waals surface area contributed by atoms with Gasteiger partial charge < -0.3 is 4.90 Å². The average Bonchev–Trinajstić information content (AvgIpc) is 2.64. The fourth-order valence-corrected chi connectivity index (χ4v) is 2.13. The zero-order valence-electron chi connectivity index (χ0n) is 9.02. The Balaban J connectivity index is 2.32. The van der Waals surface area contributed by atoms with Crippen molar-refractivity contribution >= 4 is 11.4 Å². The topological polar surface area (TPSA) is 46.4 Å². The highest BCUT2D eigenvalue weighted by molar-refractivity contribution is 5.53. The summed E-state index contributed by atoms with van der Waals surface area (Å²) in [5, 5.41) is 10.5. The van der Waals surface area contributed by atoms with Gasteiger partial charge in [-0.1, -0.05) is 0 Å². The minimum Gasteiger partial charge on any atom is -0.366 e. The molecule has 86 valence electrons. The molecule has 0 bridgehead atoms. The zero-order chi connectivity index (χ0) is 11.7. The molecule has 16 heavy (non-hydrogen) atoms. The zero-order valence-corrected chi connectivity index (χ0v) is 9.02. The number of hydrogen-bond donors (Lipinski definition) is 0. The molecule has 1 aliphatic heterocycles. The van der Waals surface area contributed by atoms with E-state index in [2.05, 4.69) is 0 Å². The van der Waals surface area contributed by atoms with E-state index in [1.807, 2.05) is 11.8 Å². The Morgan fingerprint density at radius 1 is 1.56 bits per heavy atom. The van der Waals surface area contributed by atoms with E-state index >= 15 is 0 Å². The molecule has 1 aliphatic rings. The first-order chi connectivity index (χ1) is 7.59. The van der Waals surface area contributed by atoms with Crippen LogP contribution in [-0.4, -0.2) is 17.5 Å². The van der Waals surface area contributed by atoms with Gasteiger partial charge in [-0.25, -0.2) is 4.39 Å². The summed E-state index contributed by atoms with van der Waals surface area (Å²) < 4.78 is 13.7. The molecule has 0 aromatic heterocycles. The molecule has 0 spiro atoms. The Kier molecular flexibility index (Phi) is 2.77. The number of nitro groups is 1. The maximum atomic E-state index is 13.7. The summed E-state index contributed by atoms with van der Waals surface area (Å²) in [6, 6.07) is 4.13. The lowest BCUT2D eigenvalue weighted by atomic mass is 10.2. The van der Waals surface area contributed by atoms with Crippen molar-refractivity contribution < 1.29 is 9.31 Å². The third-order valence-corrected chi connectivity index (χ3v) is 3.00. The molecule has 1 aromatic carbocycles. The van der Waals surface area contributed by atoms with Gasteiger partial charge in [-0.3, -0.25) is 10.1 Å². The molecule has 4 nitrogen and oxygen atoms in total. The van der Waals surface area contributed by atoms with Crippen LogP contribution in [0.15, 0.2) is 18.2 Å². The van der Waals surface area contributed by atoms with E-state index in [1.54, 1.807) is 0 Å². The second-order valence-electron chi connectivity index (χ2n) is 4.08. The van der Waals surface area contributed by atoms with Crippen LogP contribution in [0.4, 0.5) is 15.8 Å². The lowest BCUT2D eigenvalue weighted by Crippen LogP contribution is -2.27. The van der Waals surface area contributed by atoms with Crippen molar-refractivity contribution in [2.24, 2.45) is 0 Å². The summed E-state index contributed by atoms with van der Waals surface area (Å²) >= 11 is 0. The summed E-state index contributed by atoms with van der Waals surface area (Å²) in [7, 11) is 0. The summed E-state index contributed by atoms with van der Waals surface area (Å²) in [6.45, 7) is 2.85. The SMILES string of the molecule is CC1CCCN1c1ccc([N+](=O)[O-])cc1F. The van der Waals surface area contributed by atoms with Crippen LogP contribution >= 0.6 is 0 Å². The van der Waals surface area contributed by atoms with Crippen LogP contribution in [0.5, 0.6) is 0 Å². The smallest absolute Gasteiger partial charge is 0.272 e. The van der Waals surface area contributed by atoms with Crippen molar-refractivity contribution in [2.45, 2.75) is 25.8 Å². The average molecular weight is 224 g/mol. The molecule has 1 fully saturated rings. The van der Waals surface area contributed by atoms with Gasteiger partial charge in [0.2, 0.25) is 0 Å². The molecule has 1 atom stereocenters. The van der Waals surface area contributed by atoms with Crippen LogP contribution < -0.4 is 4.90 Å². The molecule has 0 aliphatic carbocycles. The van der Waals surface area contributed by atoms with Crippen molar-refractivity contribution in [1.82, 2.24) is 0 Å². The van der Waals surface area contributed by atoms with Crippen LogP contribution in [0.1, 0.15) is 19.8 Å². The second-order valence-corrected chi connectivity index (χ2v) is 4.08. The van der Waals surface area contributed by atoms with Gasteiger partial charge in [-0.15, -0.1) is 0 Å². The molecule has 1 aromatic rings. The van der Waals surface area contributed by atoms with Crippen LogP contribution in [-0.2, 0) is 0 Å². The number of benzene rings is 1. The number of non-ortho nitro benzene ring substituents is 1. The quantitative estimate of drug-likeness (QED) is 0.573. The first-order valence-electron chi connectivity index (χ1n) is 5.30. The first kappa shape index (κ1) is 10.9. The molecule has 0 amide bonds. The van der Waals surface area contributed by atoms with Crippen LogP contribution in [0.3, 0.4) is 0 Å². The van der Waals surface area contributed by atoms with E-state index < -0.39 is 10.7 Å². The minimum absolute atomic E-state index is 0.201. The monoisotopic (exact) mass is 224 g/mol. The molecule has 5 heteroatoms.